The Labute approximate surface area is 143 Å². The second kappa shape index (κ2) is 7.01. The molecular formula is C19H17F2NO3. The zero-order valence-electron chi connectivity index (χ0n) is 13.3. The van der Waals surface area contributed by atoms with Crippen LogP contribution in [0.5, 0.6) is 0 Å². The van der Waals surface area contributed by atoms with Crippen LogP contribution in [0.25, 0.3) is 11.1 Å². The van der Waals surface area contributed by atoms with Crippen molar-refractivity contribution in [3.63, 3.8) is 0 Å². The van der Waals surface area contributed by atoms with Gasteiger partial charge in [0.2, 0.25) is 0 Å². The number of carbonyl (C=O) groups excluding carboxylic acids is 1. The monoisotopic (exact) mass is 345 g/mol. The van der Waals surface area contributed by atoms with Crippen molar-refractivity contribution < 1.29 is 23.5 Å². The molecule has 25 heavy (non-hydrogen) atoms. The summed E-state index contributed by atoms with van der Waals surface area (Å²) in [5, 5.41) is 11.7. The number of rotatable bonds is 4. The predicted octanol–water partition coefficient (Wildman–Crippen LogP) is 3.61. The van der Waals surface area contributed by atoms with Crippen LogP contribution in [0.2, 0.25) is 0 Å². The van der Waals surface area contributed by atoms with E-state index in [9.17, 15) is 18.4 Å². The molecule has 1 fully saturated rings. The summed E-state index contributed by atoms with van der Waals surface area (Å²) < 4.78 is 27.3. The highest BCUT2D eigenvalue weighted by Crippen LogP contribution is 2.27. The van der Waals surface area contributed by atoms with Crippen LogP contribution in [-0.4, -0.2) is 23.0 Å². The Balaban J connectivity index is 1.71. The highest BCUT2D eigenvalue weighted by Gasteiger charge is 2.31. The number of carbonyl (C=O) groups is 2. The van der Waals surface area contributed by atoms with E-state index in [-0.39, 0.29) is 17.4 Å². The molecule has 1 amide bonds. The molecule has 0 radical (unpaired) electrons. The van der Waals surface area contributed by atoms with Gasteiger partial charge >= 0.3 is 5.97 Å². The fraction of sp³-hybridized carbons (Fsp3) is 0.263. The molecule has 3 rings (SSSR count). The summed E-state index contributed by atoms with van der Waals surface area (Å²) in [4.78, 5) is 23.2. The number of carboxylic acid groups (broad SMARTS) is 1. The molecule has 0 spiro atoms. The van der Waals surface area contributed by atoms with Crippen molar-refractivity contribution in [1.82, 2.24) is 5.32 Å². The van der Waals surface area contributed by atoms with E-state index in [1.807, 2.05) is 0 Å². The van der Waals surface area contributed by atoms with Gasteiger partial charge in [-0.25, -0.2) is 8.78 Å². The van der Waals surface area contributed by atoms with Crippen molar-refractivity contribution >= 4 is 11.9 Å². The molecule has 2 N–H and O–H groups in total. The normalized spacial score (nSPS) is 19.6. The van der Waals surface area contributed by atoms with E-state index in [4.69, 9.17) is 5.11 Å². The molecule has 0 saturated heterocycles. The molecule has 2 aromatic carbocycles. The van der Waals surface area contributed by atoms with Gasteiger partial charge in [-0.05, 0) is 54.7 Å². The molecule has 4 nitrogen and oxygen atoms in total. The first kappa shape index (κ1) is 17.1. The van der Waals surface area contributed by atoms with Crippen molar-refractivity contribution in [2.75, 3.05) is 0 Å². The van der Waals surface area contributed by atoms with E-state index in [0.717, 1.165) is 0 Å². The number of aliphatic carboxylic acids is 1. The van der Waals surface area contributed by atoms with Crippen LogP contribution < -0.4 is 5.32 Å². The number of nitrogens with one attached hydrogen (secondary N) is 1. The highest BCUT2D eigenvalue weighted by atomic mass is 19.1. The van der Waals surface area contributed by atoms with Gasteiger partial charge in [-0.2, -0.15) is 0 Å². The SMILES string of the molecule is O=C(N[C@H]1CC[C@@H](C(=O)O)C1)c1ccc(-c2ccc(F)cc2)cc1F. The summed E-state index contributed by atoms with van der Waals surface area (Å²) in [6.45, 7) is 0. The Hall–Kier alpha value is -2.76. The van der Waals surface area contributed by atoms with Crippen LogP contribution >= 0.6 is 0 Å². The Morgan fingerprint density at radius 2 is 1.68 bits per heavy atom. The summed E-state index contributed by atoms with van der Waals surface area (Å²) in [6, 6.07) is 9.59. The molecule has 0 heterocycles. The van der Waals surface area contributed by atoms with E-state index in [2.05, 4.69) is 5.32 Å². The summed E-state index contributed by atoms with van der Waals surface area (Å²) in [7, 11) is 0. The molecule has 0 bridgehead atoms. The maximum Gasteiger partial charge on any atom is 0.306 e. The van der Waals surface area contributed by atoms with Crippen molar-refractivity contribution in [2.45, 2.75) is 25.3 Å². The van der Waals surface area contributed by atoms with Crippen molar-refractivity contribution in [3.8, 4) is 11.1 Å². The third-order valence-corrected chi connectivity index (χ3v) is 4.51. The summed E-state index contributed by atoms with van der Waals surface area (Å²) in [5.74, 6) is -2.94. The van der Waals surface area contributed by atoms with Crippen LogP contribution in [0.4, 0.5) is 8.78 Å². The molecule has 1 aliphatic rings. The Kier molecular flexibility index (Phi) is 4.79. The molecule has 2 atom stereocenters. The van der Waals surface area contributed by atoms with Crippen LogP contribution in [0.3, 0.4) is 0 Å². The first-order valence-corrected chi connectivity index (χ1v) is 8.03. The first-order chi connectivity index (χ1) is 11.9. The second-order valence-corrected chi connectivity index (χ2v) is 6.22. The minimum Gasteiger partial charge on any atom is -0.481 e. The molecule has 130 valence electrons. The highest BCUT2D eigenvalue weighted by molar-refractivity contribution is 5.95. The van der Waals surface area contributed by atoms with Gasteiger partial charge in [0.25, 0.3) is 5.91 Å². The number of benzene rings is 2. The molecule has 0 unspecified atom stereocenters. The van der Waals surface area contributed by atoms with Gasteiger partial charge in [-0.1, -0.05) is 18.2 Å². The van der Waals surface area contributed by atoms with E-state index < -0.39 is 23.6 Å². The van der Waals surface area contributed by atoms with Gasteiger partial charge < -0.3 is 10.4 Å². The second-order valence-electron chi connectivity index (χ2n) is 6.22. The molecule has 1 aliphatic carbocycles. The van der Waals surface area contributed by atoms with Gasteiger partial charge in [-0.3, -0.25) is 9.59 Å². The number of hydrogen-bond donors (Lipinski definition) is 2. The third-order valence-electron chi connectivity index (χ3n) is 4.51. The van der Waals surface area contributed by atoms with Gasteiger partial charge in [0.05, 0.1) is 11.5 Å². The average molecular weight is 345 g/mol. The molecule has 0 aliphatic heterocycles. The van der Waals surface area contributed by atoms with Crippen LogP contribution in [0.1, 0.15) is 29.6 Å². The standard InChI is InChI=1S/C19H17F2NO3/c20-14-5-1-11(2-6-14)12-4-8-16(17(21)10-12)18(23)22-15-7-3-13(9-15)19(24)25/h1-2,4-6,8,10,13,15H,3,7,9H2,(H,22,23)(H,24,25)/t13-,15+/m1/s1. The van der Waals surface area contributed by atoms with Crippen LogP contribution in [0, 0.1) is 17.6 Å². The summed E-state index contributed by atoms with van der Waals surface area (Å²) in [6.07, 6.45) is 1.43. The Morgan fingerprint density at radius 3 is 2.28 bits per heavy atom. The number of amides is 1. The van der Waals surface area contributed by atoms with Crippen molar-refractivity contribution in [2.24, 2.45) is 5.92 Å². The lowest BCUT2D eigenvalue weighted by Crippen LogP contribution is -2.33. The van der Waals surface area contributed by atoms with Crippen molar-refractivity contribution in [3.05, 3.63) is 59.7 Å². The largest absolute Gasteiger partial charge is 0.481 e. The number of carboxylic acids is 1. The topological polar surface area (TPSA) is 66.4 Å². The smallest absolute Gasteiger partial charge is 0.306 e. The van der Waals surface area contributed by atoms with Gasteiger partial charge in [0, 0.05) is 6.04 Å². The lowest BCUT2D eigenvalue weighted by Gasteiger charge is -2.13. The fourth-order valence-electron chi connectivity index (χ4n) is 3.12. The maximum absolute atomic E-state index is 14.3. The zero-order valence-corrected chi connectivity index (χ0v) is 13.3. The predicted molar refractivity (Wildman–Crippen MR) is 88.0 cm³/mol. The molecule has 2 aromatic rings. The number of halogens is 2. The van der Waals surface area contributed by atoms with Gasteiger partial charge in [0.15, 0.2) is 0 Å². The third kappa shape index (κ3) is 3.84. The van der Waals surface area contributed by atoms with E-state index in [0.29, 0.717) is 30.4 Å². The minimum absolute atomic E-state index is 0.0929. The lowest BCUT2D eigenvalue weighted by molar-refractivity contribution is -0.141. The summed E-state index contributed by atoms with van der Waals surface area (Å²) >= 11 is 0. The zero-order chi connectivity index (χ0) is 18.0. The van der Waals surface area contributed by atoms with E-state index in [1.165, 1.54) is 36.4 Å². The van der Waals surface area contributed by atoms with E-state index >= 15 is 0 Å². The lowest BCUT2D eigenvalue weighted by atomic mass is 10.0. The van der Waals surface area contributed by atoms with Crippen LogP contribution in [-0.2, 0) is 4.79 Å². The fourth-order valence-corrected chi connectivity index (χ4v) is 3.12. The summed E-state index contributed by atoms with van der Waals surface area (Å²) in [5.41, 5.74) is 1.10. The first-order valence-electron chi connectivity index (χ1n) is 8.03. The van der Waals surface area contributed by atoms with Gasteiger partial charge in [-0.15, -0.1) is 0 Å². The maximum atomic E-state index is 14.3. The molecular weight excluding hydrogens is 328 g/mol. The molecule has 6 heteroatoms. The van der Waals surface area contributed by atoms with Crippen LogP contribution in [0.15, 0.2) is 42.5 Å². The number of hydrogen-bond acceptors (Lipinski definition) is 2. The van der Waals surface area contributed by atoms with E-state index in [1.54, 1.807) is 6.07 Å². The quantitative estimate of drug-likeness (QED) is 0.889. The Bertz CT molecular complexity index is 805. The minimum atomic E-state index is -0.869. The Morgan fingerprint density at radius 1 is 1.00 bits per heavy atom. The van der Waals surface area contributed by atoms with Crippen molar-refractivity contribution in [1.29, 1.82) is 0 Å². The molecule has 0 aromatic heterocycles. The molecule has 1 saturated carbocycles. The van der Waals surface area contributed by atoms with Gasteiger partial charge in [0.1, 0.15) is 11.6 Å². The average Bonchev–Trinajstić information content (AvgIpc) is 3.04.